The third kappa shape index (κ3) is 2.69. The number of halogens is 3. The molecule has 0 N–H and O–H groups in total. The third-order valence-corrected chi connectivity index (χ3v) is 3.46. The van der Waals surface area contributed by atoms with Gasteiger partial charge in [0.05, 0.1) is 11.5 Å². The van der Waals surface area contributed by atoms with Gasteiger partial charge >= 0.3 is 6.18 Å². The van der Waals surface area contributed by atoms with Gasteiger partial charge in [-0.05, 0) is 5.92 Å². The van der Waals surface area contributed by atoms with Crippen molar-refractivity contribution in [1.82, 2.24) is 0 Å². The molecule has 0 amide bonds. The third-order valence-electron chi connectivity index (χ3n) is 1.50. The largest absolute Gasteiger partial charge is 0.389 e. The van der Waals surface area contributed by atoms with Crippen molar-refractivity contribution in [2.24, 2.45) is 5.92 Å². The molecule has 0 aromatic rings. The van der Waals surface area contributed by atoms with E-state index in [1.165, 1.54) is 0 Å². The molecule has 2 nitrogen and oxygen atoms in total. The van der Waals surface area contributed by atoms with E-state index in [0.29, 0.717) is 0 Å². The Hall–Kier alpha value is -0.260. The Balaban J connectivity index is 2.36. The van der Waals surface area contributed by atoms with Gasteiger partial charge in [0.25, 0.3) is 0 Å². The SMILES string of the molecule is O=S1(=O)CC(CC(F)(F)F)C1. The molecule has 0 saturated carbocycles. The van der Waals surface area contributed by atoms with Crippen LogP contribution < -0.4 is 0 Å². The fraction of sp³-hybridized carbons (Fsp3) is 1.00. The first-order chi connectivity index (χ1) is 4.79. The van der Waals surface area contributed by atoms with Crippen molar-refractivity contribution in [3.05, 3.63) is 0 Å². The van der Waals surface area contributed by atoms with Crippen molar-refractivity contribution in [2.45, 2.75) is 12.6 Å². The number of hydrogen-bond acceptors (Lipinski definition) is 2. The van der Waals surface area contributed by atoms with E-state index in [1.54, 1.807) is 0 Å². The van der Waals surface area contributed by atoms with E-state index >= 15 is 0 Å². The first-order valence-electron chi connectivity index (χ1n) is 3.06. The molecule has 0 bridgehead atoms. The summed E-state index contributed by atoms with van der Waals surface area (Å²) < 4.78 is 55.6. The smallest absolute Gasteiger partial charge is 0.229 e. The molecule has 0 aromatic heterocycles. The van der Waals surface area contributed by atoms with Crippen molar-refractivity contribution in [2.75, 3.05) is 11.5 Å². The first kappa shape index (κ1) is 8.83. The van der Waals surface area contributed by atoms with E-state index in [2.05, 4.69) is 0 Å². The van der Waals surface area contributed by atoms with Gasteiger partial charge in [-0.3, -0.25) is 0 Å². The van der Waals surface area contributed by atoms with Crippen molar-refractivity contribution in [3.8, 4) is 0 Å². The second-order valence-corrected chi connectivity index (χ2v) is 4.92. The van der Waals surface area contributed by atoms with Gasteiger partial charge in [0.15, 0.2) is 9.84 Å². The molecule has 0 spiro atoms. The molecule has 1 saturated heterocycles. The van der Waals surface area contributed by atoms with E-state index < -0.39 is 28.4 Å². The fourth-order valence-electron chi connectivity index (χ4n) is 1.11. The summed E-state index contributed by atoms with van der Waals surface area (Å²) >= 11 is 0. The number of hydrogen-bond donors (Lipinski definition) is 0. The highest BCUT2D eigenvalue weighted by Gasteiger charge is 2.41. The van der Waals surface area contributed by atoms with Crippen molar-refractivity contribution >= 4 is 9.84 Å². The van der Waals surface area contributed by atoms with Crippen LogP contribution in [0.15, 0.2) is 0 Å². The average Bonchev–Trinajstić information content (AvgIpc) is 1.53. The van der Waals surface area contributed by atoms with Gasteiger partial charge in [-0.15, -0.1) is 0 Å². The van der Waals surface area contributed by atoms with Gasteiger partial charge in [0, 0.05) is 6.42 Å². The Morgan fingerprint density at radius 1 is 1.27 bits per heavy atom. The predicted octanol–water partition coefficient (Wildman–Crippen LogP) is 0.983. The molecule has 1 aliphatic heterocycles. The van der Waals surface area contributed by atoms with Crippen LogP contribution >= 0.6 is 0 Å². The molecule has 1 fully saturated rings. The Morgan fingerprint density at radius 3 is 2.00 bits per heavy atom. The minimum atomic E-state index is -4.22. The van der Waals surface area contributed by atoms with Crippen molar-refractivity contribution < 1.29 is 21.6 Å². The second kappa shape index (κ2) is 2.36. The molecule has 6 heteroatoms. The Labute approximate surface area is 62.3 Å². The molecule has 66 valence electrons. The highest BCUT2D eigenvalue weighted by molar-refractivity contribution is 7.92. The number of rotatable bonds is 1. The van der Waals surface area contributed by atoms with Gasteiger partial charge in [-0.2, -0.15) is 13.2 Å². The Bertz CT molecular complexity index is 229. The minimum absolute atomic E-state index is 0.299. The summed E-state index contributed by atoms with van der Waals surface area (Å²) in [4.78, 5) is 0. The van der Waals surface area contributed by atoms with Crippen molar-refractivity contribution in [1.29, 1.82) is 0 Å². The lowest BCUT2D eigenvalue weighted by molar-refractivity contribution is -0.142. The number of alkyl halides is 3. The monoisotopic (exact) mass is 188 g/mol. The van der Waals surface area contributed by atoms with Gasteiger partial charge in [0.2, 0.25) is 0 Å². The summed E-state index contributed by atoms with van der Waals surface area (Å²) in [5.41, 5.74) is 0. The molecule has 1 heterocycles. The van der Waals surface area contributed by atoms with Crippen LogP contribution in [0.25, 0.3) is 0 Å². The zero-order valence-corrected chi connectivity index (χ0v) is 6.37. The zero-order valence-electron chi connectivity index (χ0n) is 5.56. The molecule has 1 aliphatic rings. The van der Waals surface area contributed by atoms with E-state index in [4.69, 9.17) is 0 Å². The maximum atomic E-state index is 11.6. The zero-order chi connectivity index (χ0) is 8.70. The highest BCUT2D eigenvalue weighted by Crippen LogP contribution is 2.31. The normalized spacial score (nSPS) is 24.6. The Morgan fingerprint density at radius 2 is 1.73 bits per heavy atom. The summed E-state index contributed by atoms with van der Waals surface area (Å²) in [7, 11) is -3.10. The summed E-state index contributed by atoms with van der Waals surface area (Å²) in [6.45, 7) is 0. The lowest BCUT2D eigenvalue weighted by atomic mass is 10.1. The van der Waals surface area contributed by atoms with Crippen LogP contribution in [0.5, 0.6) is 0 Å². The van der Waals surface area contributed by atoms with Crippen LogP contribution in [0, 0.1) is 5.92 Å². The predicted molar refractivity (Wildman–Crippen MR) is 32.8 cm³/mol. The van der Waals surface area contributed by atoms with Crippen LogP contribution in [0.4, 0.5) is 13.2 Å². The summed E-state index contributed by atoms with van der Waals surface area (Å²) in [5.74, 6) is -1.29. The second-order valence-electron chi connectivity index (χ2n) is 2.76. The van der Waals surface area contributed by atoms with Crippen LogP contribution in [-0.2, 0) is 9.84 Å². The summed E-state index contributed by atoms with van der Waals surface area (Å²) in [6.07, 6.45) is -5.19. The maximum Gasteiger partial charge on any atom is 0.389 e. The van der Waals surface area contributed by atoms with E-state index in [0.717, 1.165) is 0 Å². The quantitative estimate of drug-likeness (QED) is 0.614. The molecule has 0 aliphatic carbocycles. The van der Waals surface area contributed by atoms with E-state index in [-0.39, 0.29) is 11.5 Å². The molecule has 0 atom stereocenters. The Kier molecular flexibility index (Phi) is 1.90. The van der Waals surface area contributed by atoms with Gasteiger partial charge < -0.3 is 0 Å². The van der Waals surface area contributed by atoms with Gasteiger partial charge in [0.1, 0.15) is 0 Å². The van der Waals surface area contributed by atoms with E-state index in [9.17, 15) is 21.6 Å². The van der Waals surface area contributed by atoms with Crippen LogP contribution in [-0.4, -0.2) is 26.1 Å². The minimum Gasteiger partial charge on any atom is -0.229 e. The maximum absolute atomic E-state index is 11.6. The van der Waals surface area contributed by atoms with Crippen LogP contribution in [0.2, 0.25) is 0 Å². The summed E-state index contributed by atoms with van der Waals surface area (Å²) in [6, 6.07) is 0. The molecular weight excluding hydrogens is 181 g/mol. The standard InChI is InChI=1S/C5H7F3O2S/c6-5(7,8)1-4-2-11(9,10)3-4/h4H,1-3H2. The van der Waals surface area contributed by atoms with Gasteiger partial charge in [-0.25, -0.2) is 8.42 Å². The average molecular weight is 188 g/mol. The molecule has 0 unspecified atom stereocenters. The number of sulfone groups is 1. The molecule has 0 radical (unpaired) electrons. The lowest BCUT2D eigenvalue weighted by Crippen LogP contribution is -2.38. The summed E-state index contributed by atoms with van der Waals surface area (Å²) in [5, 5.41) is 0. The molecule has 11 heavy (non-hydrogen) atoms. The van der Waals surface area contributed by atoms with Crippen molar-refractivity contribution in [3.63, 3.8) is 0 Å². The molecular formula is C5H7F3O2S. The van der Waals surface area contributed by atoms with Crippen LogP contribution in [0.3, 0.4) is 0 Å². The molecule has 0 aromatic carbocycles. The highest BCUT2D eigenvalue weighted by atomic mass is 32.2. The van der Waals surface area contributed by atoms with Crippen LogP contribution in [0.1, 0.15) is 6.42 Å². The molecule has 1 rings (SSSR count). The first-order valence-corrected chi connectivity index (χ1v) is 4.88. The fourth-order valence-corrected chi connectivity index (χ4v) is 2.69. The van der Waals surface area contributed by atoms with E-state index in [1.807, 2.05) is 0 Å². The van der Waals surface area contributed by atoms with Gasteiger partial charge in [-0.1, -0.05) is 0 Å². The topological polar surface area (TPSA) is 34.1 Å². The lowest BCUT2D eigenvalue weighted by Gasteiger charge is -2.26.